The first kappa shape index (κ1) is 17.6. The molecule has 2 atom stereocenters. The highest BCUT2D eigenvalue weighted by molar-refractivity contribution is 5.79. The first-order valence-electron chi connectivity index (χ1n) is 6.73. The molecule has 1 heterocycles. The number of aliphatic hydroxyl groups is 2. The highest BCUT2D eigenvalue weighted by Crippen LogP contribution is 2.21. The molecule has 0 aromatic rings. The largest absolute Gasteiger partial charge is 0.468 e. The first-order valence-corrected chi connectivity index (χ1v) is 6.73. The van der Waals surface area contributed by atoms with E-state index >= 15 is 0 Å². The second kappa shape index (κ2) is 8.08. The highest BCUT2D eigenvalue weighted by Gasteiger charge is 2.29. The second-order valence-electron chi connectivity index (χ2n) is 4.71. The number of carbonyl (C=O) groups is 2. The third kappa shape index (κ3) is 5.09. The Bertz CT molecular complexity index is 384. The van der Waals surface area contributed by atoms with Gasteiger partial charge in [0.15, 0.2) is 6.29 Å². The van der Waals surface area contributed by atoms with Crippen molar-refractivity contribution in [2.24, 2.45) is 0 Å². The Morgan fingerprint density at radius 3 is 2.62 bits per heavy atom. The zero-order chi connectivity index (χ0) is 16.0. The summed E-state index contributed by atoms with van der Waals surface area (Å²) in [7, 11) is 1.23. The first-order chi connectivity index (χ1) is 9.88. The molecule has 1 aliphatic heterocycles. The van der Waals surface area contributed by atoms with Crippen LogP contribution in [0.5, 0.6) is 0 Å². The number of esters is 1. The van der Waals surface area contributed by atoms with Crippen molar-refractivity contribution in [1.29, 1.82) is 0 Å². The molecular weight excluding hydrogens is 280 g/mol. The van der Waals surface area contributed by atoms with Gasteiger partial charge in [0.2, 0.25) is 0 Å². The van der Waals surface area contributed by atoms with Gasteiger partial charge in [-0.05, 0) is 12.8 Å². The fraction of sp³-hybridized carbons (Fsp3) is 0.692. The summed E-state index contributed by atoms with van der Waals surface area (Å²) in [6.07, 6.45) is -1.18. The van der Waals surface area contributed by atoms with Crippen LogP contribution in [0.15, 0.2) is 12.3 Å². The molecule has 0 bridgehead atoms. The Morgan fingerprint density at radius 1 is 1.48 bits per heavy atom. The normalized spacial score (nSPS) is 18.2. The number of hydrogen-bond donors (Lipinski definition) is 2. The van der Waals surface area contributed by atoms with Crippen LogP contribution >= 0.6 is 0 Å². The number of rotatable bonds is 8. The van der Waals surface area contributed by atoms with E-state index in [1.54, 1.807) is 6.92 Å². The molecule has 1 aliphatic rings. The lowest BCUT2D eigenvalue weighted by Crippen LogP contribution is -2.45. The van der Waals surface area contributed by atoms with Gasteiger partial charge in [0, 0.05) is 12.1 Å². The van der Waals surface area contributed by atoms with Crippen molar-refractivity contribution in [3.8, 4) is 0 Å². The lowest BCUT2D eigenvalue weighted by atomic mass is 10.3. The predicted molar refractivity (Wildman–Crippen MR) is 72.2 cm³/mol. The maximum Gasteiger partial charge on any atom is 0.319 e. The van der Waals surface area contributed by atoms with Crippen molar-refractivity contribution in [2.45, 2.75) is 38.7 Å². The summed E-state index contributed by atoms with van der Waals surface area (Å²) < 4.78 is 4.53. The van der Waals surface area contributed by atoms with Crippen LogP contribution < -0.4 is 0 Å². The Hall–Kier alpha value is -1.48. The van der Waals surface area contributed by atoms with Crippen molar-refractivity contribution in [3.05, 3.63) is 12.3 Å². The fourth-order valence-electron chi connectivity index (χ4n) is 1.90. The van der Waals surface area contributed by atoms with E-state index in [-0.39, 0.29) is 25.4 Å². The van der Waals surface area contributed by atoms with Gasteiger partial charge in [-0.1, -0.05) is 13.5 Å². The number of carbonyl (C=O) groups excluding carboxylic acids is 2. The lowest BCUT2D eigenvalue weighted by Gasteiger charge is -2.29. The van der Waals surface area contributed by atoms with Gasteiger partial charge in [0.1, 0.15) is 6.23 Å². The van der Waals surface area contributed by atoms with Gasteiger partial charge in [-0.3, -0.25) is 14.5 Å². The molecule has 0 aliphatic carbocycles. The number of hydroxylamine groups is 2. The van der Waals surface area contributed by atoms with Gasteiger partial charge in [-0.15, -0.1) is 0 Å². The quantitative estimate of drug-likeness (QED) is 0.464. The summed E-state index contributed by atoms with van der Waals surface area (Å²) in [5.41, 5.74) is 0.467. The number of hydrogen-bond acceptors (Lipinski definition) is 7. The standard InChI is InChI=1S/C13H22N2O6/c1-4-10(16)14(7-12(18)20-3)8-13(19)21-15-9(2)5-6-11(15)17/h10,13,16,19H,2,4-8H2,1,3H3/t10-,13-/m0/s1. The van der Waals surface area contributed by atoms with Gasteiger partial charge >= 0.3 is 5.97 Å². The van der Waals surface area contributed by atoms with Crippen LogP contribution in [0.3, 0.4) is 0 Å². The zero-order valence-corrected chi connectivity index (χ0v) is 12.3. The van der Waals surface area contributed by atoms with Crippen LogP contribution in [0.25, 0.3) is 0 Å². The van der Waals surface area contributed by atoms with Crippen molar-refractivity contribution >= 4 is 11.9 Å². The number of nitrogens with zero attached hydrogens (tertiary/aromatic N) is 2. The molecule has 8 heteroatoms. The van der Waals surface area contributed by atoms with Crippen LogP contribution in [0, 0.1) is 0 Å². The minimum Gasteiger partial charge on any atom is -0.468 e. The van der Waals surface area contributed by atoms with Crippen LogP contribution in [0.4, 0.5) is 0 Å². The molecule has 1 fully saturated rings. The summed E-state index contributed by atoms with van der Waals surface area (Å²) in [5, 5.41) is 20.7. The molecule has 0 aromatic carbocycles. The fourth-order valence-corrected chi connectivity index (χ4v) is 1.90. The lowest BCUT2D eigenvalue weighted by molar-refractivity contribution is -0.246. The van der Waals surface area contributed by atoms with Gasteiger partial charge in [-0.2, -0.15) is 5.06 Å². The van der Waals surface area contributed by atoms with Gasteiger partial charge in [0.25, 0.3) is 5.91 Å². The third-order valence-electron chi connectivity index (χ3n) is 3.11. The molecule has 0 saturated carbocycles. The molecular formula is C13H22N2O6. The smallest absolute Gasteiger partial charge is 0.319 e. The number of allylic oxidation sites excluding steroid dienone is 1. The van der Waals surface area contributed by atoms with Gasteiger partial charge in [0.05, 0.1) is 20.2 Å². The summed E-state index contributed by atoms with van der Waals surface area (Å²) >= 11 is 0. The van der Waals surface area contributed by atoms with Crippen molar-refractivity contribution in [2.75, 3.05) is 20.2 Å². The van der Waals surface area contributed by atoms with E-state index in [1.807, 2.05) is 0 Å². The van der Waals surface area contributed by atoms with Crippen molar-refractivity contribution < 1.29 is 29.4 Å². The minimum absolute atomic E-state index is 0.152. The summed E-state index contributed by atoms with van der Waals surface area (Å²) in [5.74, 6) is -0.828. The SMILES string of the molecule is C=C1CCC(=O)N1O[C@H](O)CN(CC(=O)OC)[C@@H](O)CC. The number of methoxy groups -OCH3 is 1. The molecule has 21 heavy (non-hydrogen) atoms. The van der Waals surface area contributed by atoms with Crippen LogP contribution in [0.2, 0.25) is 0 Å². The predicted octanol–water partition coefficient (Wildman–Crippen LogP) is -0.424. The van der Waals surface area contributed by atoms with E-state index in [0.717, 1.165) is 5.06 Å². The third-order valence-corrected chi connectivity index (χ3v) is 3.11. The maximum atomic E-state index is 11.5. The van der Waals surface area contributed by atoms with Crippen molar-refractivity contribution in [3.63, 3.8) is 0 Å². The van der Waals surface area contributed by atoms with Gasteiger partial charge < -0.3 is 14.9 Å². The number of amides is 1. The second-order valence-corrected chi connectivity index (χ2v) is 4.71. The molecule has 1 rings (SSSR count). The Labute approximate surface area is 123 Å². The average molecular weight is 302 g/mol. The highest BCUT2D eigenvalue weighted by atomic mass is 16.8. The molecule has 0 spiro atoms. The van der Waals surface area contributed by atoms with Crippen LogP contribution in [-0.2, 0) is 19.2 Å². The van der Waals surface area contributed by atoms with Gasteiger partial charge in [-0.25, -0.2) is 4.84 Å². The van der Waals surface area contributed by atoms with E-state index in [9.17, 15) is 19.8 Å². The van der Waals surface area contributed by atoms with Crippen LogP contribution in [-0.4, -0.2) is 64.8 Å². The molecule has 0 radical (unpaired) electrons. The summed E-state index contributed by atoms with van der Waals surface area (Å²) in [4.78, 5) is 29.2. The maximum absolute atomic E-state index is 11.5. The summed E-state index contributed by atoms with van der Waals surface area (Å²) in [6, 6.07) is 0. The van der Waals surface area contributed by atoms with E-state index in [0.29, 0.717) is 18.5 Å². The Kier molecular flexibility index (Phi) is 6.76. The van der Waals surface area contributed by atoms with E-state index in [2.05, 4.69) is 11.3 Å². The molecule has 1 saturated heterocycles. The Balaban J connectivity index is 2.58. The molecule has 120 valence electrons. The van der Waals surface area contributed by atoms with E-state index in [4.69, 9.17) is 4.84 Å². The van der Waals surface area contributed by atoms with Crippen LogP contribution in [0.1, 0.15) is 26.2 Å². The number of ether oxygens (including phenoxy) is 1. The molecule has 0 aromatic heterocycles. The molecule has 0 unspecified atom stereocenters. The Morgan fingerprint density at radius 2 is 2.14 bits per heavy atom. The molecule has 2 N–H and O–H groups in total. The zero-order valence-electron chi connectivity index (χ0n) is 12.3. The summed E-state index contributed by atoms with van der Waals surface area (Å²) in [6.45, 7) is 5.05. The van der Waals surface area contributed by atoms with E-state index < -0.39 is 18.5 Å². The van der Waals surface area contributed by atoms with E-state index in [1.165, 1.54) is 12.0 Å². The molecule has 1 amide bonds. The average Bonchev–Trinajstić information content (AvgIpc) is 2.77. The molecule has 8 nitrogen and oxygen atoms in total. The monoisotopic (exact) mass is 302 g/mol. The van der Waals surface area contributed by atoms with Crippen molar-refractivity contribution in [1.82, 2.24) is 9.96 Å². The minimum atomic E-state index is -1.38. The number of aliphatic hydroxyl groups excluding tert-OH is 2. The topological polar surface area (TPSA) is 99.5 Å².